The zero-order valence-electron chi connectivity index (χ0n) is 14.5. The summed E-state index contributed by atoms with van der Waals surface area (Å²) in [7, 11) is 1.74. The van der Waals surface area contributed by atoms with Gasteiger partial charge in [0.25, 0.3) is 0 Å². The lowest BCUT2D eigenvalue weighted by molar-refractivity contribution is -0.150. The van der Waals surface area contributed by atoms with E-state index in [2.05, 4.69) is 10.3 Å². The van der Waals surface area contributed by atoms with Crippen LogP contribution in [0.1, 0.15) is 25.2 Å². The minimum Gasteiger partial charge on any atom is -0.456 e. The molecule has 0 aliphatic rings. The molecule has 0 saturated carbocycles. The number of rotatable bonds is 7. The van der Waals surface area contributed by atoms with E-state index in [-0.39, 0.29) is 24.9 Å². The maximum Gasteiger partial charge on any atom is 0.329 e. The van der Waals surface area contributed by atoms with E-state index < -0.39 is 12.0 Å². The SMILES string of the molecule is CC(C)C(NC(=O)Cc1ccccc1)C(=O)OCc1ncc(Cl)n1C. The summed E-state index contributed by atoms with van der Waals surface area (Å²) >= 11 is 5.91. The number of benzene rings is 1. The van der Waals surface area contributed by atoms with E-state index in [1.54, 1.807) is 11.6 Å². The second kappa shape index (κ2) is 8.67. The minimum absolute atomic E-state index is 0.000170. The summed E-state index contributed by atoms with van der Waals surface area (Å²) in [5.74, 6) is -0.272. The van der Waals surface area contributed by atoms with Gasteiger partial charge in [0.1, 0.15) is 23.6 Å². The van der Waals surface area contributed by atoms with Crippen molar-refractivity contribution in [2.45, 2.75) is 32.9 Å². The zero-order chi connectivity index (χ0) is 18.4. The van der Waals surface area contributed by atoms with E-state index >= 15 is 0 Å². The van der Waals surface area contributed by atoms with Crippen molar-refractivity contribution in [3.8, 4) is 0 Å². The third kappa shape index (κ3) is 5.32. The van der Waals surface area contributed by atoms with Gasteiger partial charge in [-0.3, -0.25) is 4.79 Å². The molecule has 0 saturated heterocycles. The molecular formula is C18H22ClN3O3. The van der Waals surface area contributed by atoms with Gasteiger partial charge in [-0.05, 0) is 11.5 Å². The van der Waals surface area contributed by atoms with E-state index in [0.29, 0.717) is 11.0 Å². The lowest BCUT2D eigenvalue weighted by atomic mass is 10.0. The van der Waals surface area contributed by atoms with Crippen molar-refractivity contribution in [3.05, 3.63) is 53.1 Å². The third-order valence-corrected chi connectivity index (χ3v) is 4.17. The van der Waals surface area contributed by atoms with Crippen molar-refractivity contribution in [1.29, 1.82) is 0 Å². The van der Waals surface area contributed by atoms with Crippen molar-refractivity contribution >= 4 is 23.5 Å². The second-order valence-corrected chi connectivity index (χ2v) is 6.50. The van der Waals surface area contributed by atoms with Crippen molar-refractivity contribution < 1.29 is 14.3 Å². The number of aromatic nitrogens is 2. The fourth-order valence-electron chi connectivity index (χ4n) is 2.29. The van der Waals surface area contributed by atoms with Crippen LogP contribution in [0.15, 0.2) is 36.5 Å². The molecule has 1 aromatic heterocycles. The average Bonchev–Trinajstić information content (AvgIpc) is 2.90. The molecule has 1 amide bonds. The summed E-state index contributed by atoms with van der Waals surface area (Å²) in [6, 6.07) is 8.65. The van der Waals surface area contributed by atoms with E-state index in [4.69, 9.17) is 16.3 Å². The normalized spacial score (nSPS) is 12.0. The number of ether oxygens (including phenoxy) is 1. The van der Waals surface area contributed by atoms with Crippen molar-refractivity contribution in [1.82, 2.24) is 14.9 Å². The summed E-state index contributed by atoms with van der Waals surface area (Å²) in [5, 5.41) is 3.21. The highest BCUT2D eigenvalue weighted by Crippen LogP contribution is 2.11. The first-order chi connectivity index (χ1) is 11.9. The van der Waals surface area contributed by atoms with Crippen LogP contribution in [-0.2, 0) is 34.4 Å². The molecule has 1 N–H and O–H groups in total. The monoisotopic (exact) mass is 363 g/mol. The molecule has 6 nitrogen and oxygen atoms in total. The maximum atomic E-state index is 12.4. The Morgan fingerprint density at radius 2 is 1.96 bits per heavy atom. The van der Waals surface area contributed by atoms with Crippen LogP contribution in [0.4, 0.5) is 0 Å². The Morgan fingerprint density at radius 1 is 1.28 bits per heavy atom. The van der Waals surface area contributed by atoms with Gasteiger partial charge in [-0.2, -0.15) is 0 Å². The Balaban J connectivity index is 1.93. The highest BCUT2D eigenvalue weighted by atomic mass is 35.5. The summed E-state index contributed by atoms with van der Waals surface area (Å²) in [4.78, 5) is 28.6. The highest BCUT2D eigenvalue weighted by Gasteiger charge is 2.26. The number of carbonyl (C=O) groups excluding carboxylic acids is 2. The molecule has 2 rings (SSSR count). The van der Waals surface area contributed by atoms with Gasteiger partial charge >= 0.3 is 5.97 Å². The van der Waals surface area contributed by atoms with Gasteiger partial charge in [0.15, 0.2) is 0 Å². The first-order valence-electron chi connectivity index (χ1n) is 8.04. The number of halogens is 1. The molecule has 0 radical (unpaired) electrons. The summed E-state index contributed by atoms with van der Waals surface area (Å²) < 4.78 is 6.93. The van der Waals surface area contributed by atoms with Crippen molar-refractivity contribution in [3.63, 3.8) is 0 Å². The molecule has 2 aromatic rings. The molecule has 1 aromatic carbocycles. The quantitative estimate of drug-likeness (QED) is 0.767. The number of nitrogens with one attached hydrogen (secondary N) is 1. The van der Waals surface area contributed by atoms with Crippen LogP contribution in [0.5, 0.6) is 0 Å². The molecule has 0 aliphatic carbocycles. The van der Waals surface area contributed by atoms with Gasteiger partial charge < -0.3 is 14.6 Å². The molecule has 0 spiro atoms. The van der Waals surface area contributed by atoms with Gasteiger partial charge in [-0.25, -0.2) is 9.78 Å². The lowest BCUT2D eigenvalue weighted by Crippen LogP contribution is -2.45. The second-order valence-electron chi connectivity index (χ2n) is 6.12. The summed E-state index contributed by atoms with van der Waals surface area (Å²) in [6.45, 7) is 3.71. The fraction of sp³-hybridized carbons (Fsp3) is 0.389. The van der Waals surface area contributed by atoms with Crippen LogP contribution in [0.2, 0.25) is 5.15 Å². The van der Waals surface area contributed by atoms with E-state index in [0.717, 1.165) is 5.56 Å². The van der Waals surface area contributed by atoms with Crippen LogP contribution in [0, 0.1) is 5.92 Å². The molecule has 25 heavy (non-hydrogen) atoms. The van der Waals surface area contributed by atoms with Crippen LogP contribution >= 0.6 is 11.6 Å². The number of hydrogen-bond donors (Lipinski definition) is 1. The predicted octanol–water partition coefficient (Wildman–Crippen LogP) is 2.50. The molecule has 1 heterocycles. The topological polar surface area (TPSA) is 73.2 Å². The smallest absolute Gasteiger partial charge is 0.329 e. The molecule has 7 heteroatoms. The average molecular weight is 364 g/mol. The molecule has 0 aliphatic heterocycles. The Bertz CT molecular complexity index is 728. The van der Waals surface area contributed by atoms with E-state index in [9.17, 15) is 9.59 Å². The van der Waals surface area contributed by atoms with Gasteiger partial charge in [-0.15, -0.1) is 0 Å². The highest BCUT2D eigenvalue weighted by molar-refractivity contribution is 6.29. The molecular weight excluding hydrogens is 342 g/mol. The van der Waals surface area contributed by atoms with Gasteiger partial charge in [0, 0.05) is 7.05 Å². The number of carbonyl (C=O) groups is 2. The summed E-state index contributed by atoms with van der Waals surface area (Å²) in [5.41, 5.74) is 0.888. The standard InChI is InChI=1S/C18H22ClN3O3/c1-12(2)17(21-16(23)9-13-7-5-4-6-8-13)18(24)25-11-15-20-10-14(19)22(15)3/h4-8,10,12,17H,9,11H2,1-3H3,(H,21,23). The van der Waals surface area contributed by atoms with Crippen molar-refractivity contribution in [2.24, 2.45) is 13.0 Å². The number of amides is 1. The van der Waals surface area contributed by atoms with Crippen LogP contribution < -0.4 is 5.32 Å². The number of nitrogens with zero attached hydrogens (tertiary/aromatic N) is 2. The lowest BCUT2D eigenvalue weighted by Gasteiger charge is -2.21. The van der Waals surface area contributed by atoms with Crippen LogP contribution in [-0.4, -0.2) is 27.5 Å². The Kier molecular flexibility index (Phi) is 6.58. The fourth-order valence-corrected chi connectivity index (χ4v) is 2.43. The number of hydrogen-bond acceptors (Lipinski definition) is 4. The van der Waals surface area contributed by atoms with Crippen LogP contribution in [0.3, 0.4) is 0 Å². The Morgan fingerprint density at radius 3 is 2.52 bits per heavy atom. The molecule has 0 bridgehead atoms. The minimum atomic E-state index is -0.716. The summed E-state index contributed by atoms with van der Waals surface area (Å²) in [6.07, 6.45) is 1.71. The van der Waals surface area contributed by atoms with E-state index in [1.165, 1.54) is 6.20 Å². The van der Waals surface area contributed by atoms with Crippen LogP contribution in [0.25, 0.3) is 0 Å². The largest absolute Gasteiger partial charge is 0.456 e. The predicted molar refractivity (Wildman–Crippen MR) is 94.9 cm³/mol. The molecule has 1 atom stereocenters. The van der Waals surface area contributed by atoms with Gasteiger partial charge in [-0.1, -0.05) is 55.8 Å². The van der Waals surface area contributed by atoms with Crippen molar-refractivity contribution in [2.75, 3.05) is 0 Å². The molecule has 0 fully saturated rings. The number of esters is 1. The number of imidazole rings is 1. The van der Waals surface area contributed by atoms with Gasteiger partial charge in [0.05, 0.1) is 12.6 Å². The first-order valence-corrected chi connectivity index (χ1v) is 8.42. The third-order valence-electron chi connectivity index (χ3n) is 3.82. The molecule has 134 valence electrons. The van der Waals surface area contributed by atoms with Gasteiger partial charge in [0.2, 0.25) is 5.91 Å². The molecule has 1 unspecified atom stereocenters. The maximum absolute atomic E-state index is 12.4. The van der Waals surface area contributed by atoms with E-state index in [1.807, 2.05) is 44.2 Å². The zero-order valence-corrected chi connectivity index (χ0v) is 15.3. The Hall–Kier alpha value is -2.34. The Labute approximate surface area is 152 Å². The first kappa shape index (κ1) is 19.0.